The van der Waals surface area contributed by atoms with Gasteiger partial charge in [0.25, 0.3) is 12.3 Å². The normalized spacial score (nSPS) is 15.9. The van der Waals surface area contributed by atoms with Gasteiger partial charge in [-0.2, -0.15) is 10.2 Å². The molecule has 6 heterocycles. The van der Waals surface area contributed by atoms with Crippen molar-refractivity contribution in [2.45, 2.75) is 25.5 Å². The number of halogens is 2. The van der Waals surface area contributed by atoms with Crippen molar-refractivity contribution in [1.82, 2.24) is 34.1 Å². The lowest BCUT2D eigenvalue weighted by atomic mass is 9.98. The standard InChI is InChI=1S/C24H21F2N7O2/c1-35-12-14-5-6-19-16(10-29-32(19)11-14)24(34)31-8-7-17-21(28-13-27-17)22(31)18-9-15-3-2-4-20(23(25)26)33(15)30-18/h2-6,9-11,13,22-23H,7-8,12H2,1H3,(H,27,28). The summed E-state index contributed by atoms with van der Waals surface area (Å²) in [5.74, 6) is -0.232. The summed E-state index contributed by atoms with van der Waals surface area (Å²) < 4.78 is 35.3. The molecule has 9 nitrogen and oxygen atoms in total. The molecule has 0 aromatic carbocycles. The fraction of sp³-hybridized carbons (Fsp3) is 0.250. The molecule has 0 saturated heterocycles. The number of imidazole rings is 1. The van der Waals surface area contributed by atoms with E-state index in [2.05, 4.69) is 20.2 Å². The Morgan fingerprint density at radius 2 is 2.17 bits per heavy atom. The van der Waals surface area contributed by atoms with E-state index in [1.165, 1.54) is 10.6 Å². The molecule has 0 aliphatic carbocycles. The molecule has 1 atom stereocenters. The van der Waals surface area contributed by atoms with Gasteiger partial charge in [0.05, 0.1) is 47.1 Å². The zero-order valence-electron chi connectivity index (χ0n) is 18.7. The number of hydrogen-bond acceptors (Lipinski definition) is 5. The number of nitrogens with one attached hydrogen (secondary N) is 1. The number of aromatic amines is 1. The molecule has 35 heavy (non-hydrogen) atoms. The second-order valence-electron chi connectivity index (χ2n) is 8.43. The van der Waals surface area contributed by atoms with Crippen molar-refractivity contribution in [2.24, 2.45) is 0 Å². The van der Waals surface area contributed by atoms with Gasteiger partial charge in [0.2, 0.25) is 0 Å². The molecular weight excluding hydrogens is 456 g/mol. The summed E-state index contributed by atoms with van der Waals surface area (Å²) >= 11 is 0. The lowest BCUT2D eigenvalue weighted by Crippen LogP contribution is -2.41. The number of nitrogens with zero attached hydrogens (tertiary/aromatic N) is 6. The third-order valence-electron chi connectivity index (χ3n) is 6.34. The Balaban J connectivity index is 1.44. The van der Waals surface area contributed by atoms with Crippen LogP contribution in [0.5, 0.6) is 0 Å². The highest BCUT2D eigenvalue weighted by molar-refractivity contribution is 6.01. The van der Waals surface area contributed by atoms with Gasteiger partial charge < -0.3 is 14.6 Å². The first kappa shape index (κ1) is 21.4. The van der Waals surface area contributed by atoms with Gasteiger partial charge in [-0.05, 0) is 29.8 Å². The molecule has 0 saturated carbocycles. The van der Waals surface area contributed by atoms with Crippen molar-refractivity contribution in [3.8, 4) is 0 Å². The number of alkyl halides is 2. The molecule has 6 rings (SSSR count). The van der Waals surface area contributed by atoms with Gasteiger partial charge in [-0.3, -0.25) is 4.79 Å². The van der Waals surface area contributed by atoms with Crippen LogP contribution in [0.15, 0.2) is 55.1 Å². The van der Waals surface area contributed by atoms with Crippen molar-refractivity contribution in [2.75, 3.05) is 13.7 Å². The van der Waals surface area contributed by atoms with E-state index in [0.29, 0.717) is 47.6 Å². The van der Waals surface area contributed by atoms with Gasteiger partial charge >= 0.3 is 0 Å². The summed E-state index contributed by atoms with van der Waals surface area (Å²) in [6.07, 6.45) is 2.86. The van der Waals surface area contributed by atoms with Gasteiger partial charge in [0.15, 0.2) is 0 Å². The minimum atomic E-state index is -2.68. The molecule has 1 amide bonds. The molecule has 1 aliphatic rings. The molecule has 178 valence electrons. The van der Waals surface area contributed by atoms with E-state index in [4.69, 9.17) is 4.74 Å². The van der Waals surface area contributed by atoms with Gasteiger partial charge in [0.1, 0.15) is 11.7 Å². The summed E-state index contributed by atoms with van der Waals surface area (Å²) in [5, 5.41) is 8.86. The van der Waals surface area contributed by atoms with Crippen LogP contribution in [0.2, 0.25) is 0 Å². The lowest BCUT2D eigenvalue weighted by molar-refractivity contribution is 0.0688. The van der Waals surface area contributed by atoms with E-state index in [1.54, 1.807) is 47.2 Å². The zero-order valence-corrected chi connectivity index (χ0v) is 18.7. The smallest absolute Gasteiger partial charge is 0.280 e. The molecular formula is C24H21F2N7O2. The number of methoxy groups -OCH3 is 1. The van der Waals surface area contributed by atoms with Gasteiger partial charge in [-0.1, -0.05) is 12.1 Å². The highest BCUT2D eigenvalue weighted by Gasteiger charge is 2.37. The van der Waals surface area contributed by atoms with Crippen LogP contribution in [0.25, 0.3) is 11.0 Å². The van der Waals surface area contributed by atoms with Crippen molar-refractivity contribution < 1.29 is 18.3 Å². The summed E-state index contributed by atoms with van der Waals surface area (Å²) in [5.41, 5.74) is 4.37. The van der Waals surface area contributed by atoms with Gasteiger partial charge in [-0.25, -0.2) is 22.8 Å². The number of ether oxygens (including phenoxy) is 1. The first-order chi connectivity index (χ1) is 17.0. The van der Waals surface area contributed by atoms with Gasteiger partial charge in [-0.15, -0.1) is 0 Å². The predicted molar refractivity (Wildman–Crippen MR) is 121 cm³/mol. The van der Waals surface area contributed by atoms with Crippen molar-refractivity contribution >= 4 is 16.9 Å². The van der Waals surface area contributed by atoms with Crippen molar-refractivity contribution in [3.05, 3.63) is 89.0 Å². The number of H-pyrrole nitrogens is 1. The van der Waals surface area contributed by atoms with Crippen molar-refractivity contribution in [1.29, 1.82) is 0 Å². The van der Waals surface area contributed by atoms with Gasteiger partial charge in [0, 0.05) is 32.0 Å². The first-order valence-corrected chi connectivity index (χ1v) is 11.1. The number of rotatable bonds is 5. The van der Waals surface area contributed by atoms with E-state index in [0.717, 1.165) is 11.3 Å². The fourth-order valence-electron chi connectivity index (χ4n) is 4.75. The number of amides is 1. The Hall–Kier alpha value is -4.12. The van der Waals surface area contributed by atoms with Crippen LogP contribution >= 0.6 is 0 Å². The molecule has 1 unspecified atom stereocenters. The number of carbonyl (C=O) groups excluding carboxylic acids is 1. The Kier molecular flexibility index (Phi) is 5.06. The largest absolute Gasteiger partial charge is 0.380 e. The maximum Gasteiger partial charge on any atom is 0.280 e. The number of hydrogen-bond donors (Lipinski definition) is 1. The Bertz CT molecular complexity index is 1550. The molecule has 0 spiro atoms. The van der Waals surface area contributed by atoms with Crippen molar-refractivity contribution in [3.63, 3.8) is 0 Å². The Labute approximate surface area is 198 Å². The molecule has 0 bridgehead atoms. The zero-order chi connectivity index (χ0) is 24.1. The maximum absolute atomic E-state index is 13.8. The maximum atomic E-state index is 13.8. The summed E-state index contributed by atoms with van der Waals surface area (Å²) in [6, 6.07) is 9.46. The number of fused-ring (bicyclic) bond motifs is 3. The summed E-state index contributed by atoms with van der Waals surface area (Å²) in [6.45, 7) is 0.844. The van der Waals surface area contributed by atoms with E-state index in [9.17, 15) is 13.6 Å². The van der Waals surface area contributed by atoms with E-state index in [-0.39, 0.29) is 11.6 Å². The van der Waals surface area contributed by atoms with Crippen LogP contribution in [0.3, 0.4) is 0 Å². The third kappa shape index (κ3) is 3.46. The second-order valence-corrected chi connectivity index (χ2v) is 8.43. The molecule has 0 radical (unpaired) electrons. The molecule has 5 aromatic rings. The predicted octanol–water partition coefficient (Wildman–Crippen LogP) is 3.58. The Morgan fingerprint density at radius 3 is 3.00 bits per heavy atom. The van der Waals surface area contributed by atoms with Crippen LogP contribution in [0.1, 0.15) is 51.2 Å². The SMILES string of the molecule is COCc1ccc2c(C(=O)N3CCc4[nH]cnc4C3c3cc4cccc(C(F)F)n4n3)cnn2c1. The molecule has 11 heteroatoms. The molecule has 5 aromatic heterocycles. The minimum Gasteiger partial charge on any atom is -0.380 e. The lowest BCUT2D eigenvalue weighted by Gasteiger charge is -2.33. The molecule has 1 aliphatic heterocycles. The van der Waals surface area contributed by atoms with E-state index in [1.807, 2.05) is 18.3 Å². The average Bonchev–Trinajstić information content (AvgIpc) is 3.60. The average molecular weight is 477 g/mol. The first-order valence-electron chi connectivity index (χ1n) is 11.1. The quantitative estimate of drug-likeness (QED) is 0.418. The van der Waals surface area contributed by atoms with E-state index >= 15 is 0 Å². The molecule has 0 fully saturated rings. The molecule has 1 N–H and O–H groups in total. The topological polar surface area (TPSA) is 92.8 Å². The number of aromatic nitrogens is 6. The third-order valence-corrected chi connectivity index (χ3v) is 6.34. The highest BCUT2D eigenvalue weighted by Crippen LogP contribution is 2.35. The second kappa shape index (κ2) is 8.27. The van der Waals surface area contributed by atoms with Crippen LogP contribution in [0, 0.1) is 0 Å². The minimum absolute atomic E-state index is 0.209. The highest BCUT2D eigenvalue weighted by atomic mass is 19.3. The monoisotopic (exact) mass is 477 g/mol. The van der Waals surface area contributed by atoms with E-state index < -0.39 is 12.5 Å². The van der Waals surface area contributed by atoms with Crippen LogP contribution < -0.4 is 0 Å². The number of carbonyl (C=O) groups is 1. The van der Waals surface area contributed by atoms with Crippen LogP contribution in [0.4, 0.5) is 8.78 Å². The summed E-state index contributed by atoms with van der Waals surface area (Å²) in [7, 11) is 1.62. The fourth-order valence-corrected chi connectivity index (χ4v) is 4.75. The Morgan fingerprint density at radius 1 is 1.29 bits per heavy atom. The number of pyridine rings is 2. The van der Waals surface area contributed by atoms with Crippen LogP contribution in [-0.4, -0.2) is 53.7 Å². The summed E-state index contributed by atoms with van der Waals surface area (Å²) in [4.78, 5) is 23.1. The van der Waals surface area contributed by atoms with Crippen LogP contribution in [-0.2, 0) is 17.8 Å².